The Morgan fingerprint density at radius 1 is 1.08 bits per heavy atom. The van der Waals surface area contributed by atoms with Gasteiger partial charge < -0.3 is 5.32 Å². The van der Waals surface area contributed by atoms with Gasteiger partial charge in [0.05, 0.1) is 10.1 Å². The van der Waals surface area contributed by atoms with Crippen molar-refractivity contribution in [3.8, 4) is 0 Å². The van der Waals surface area contributed by atoms with Crippen LogP contribution in [0.5, 0.6) is 0 Å². The summed E-state index contributed by atoms with van der Waals surface area (Å²) >= 11 is 4.82. The van der Waals surface area contributed by atoms with Crippen LogP contribution < -0.4 is 10.0 Å². The molecule has 1 amide bonds. The number of amides is 1. The Kier molecular flexibility index (Phi) is 7.49. The molecule has 0 aliphatic carbocycles. The fraction of sp³-hybridized carbons (Fsp3) is 0.235. The molecule has 0 bridgehead atoms. The first-order chi connectivity index (χ1) is 11.9. The van der Waals surface area contributed by atoms with Crippen LogP contribution >= 0.6 is 27.7 Å². The van der Waals surface area contributed by atoms with Gasteiger partial charge in [-0.3, -0.25) is 4.79 Å². The van der Waals surface area contributed by atoms with E-state index in [-0.39, 0.29) is 29.1 Å². The molecule has 1 unspecified atom stereocenters. The minimum Gasteiger partial charge on any atom is -0.354 e. The molecule has 0 heterocycles. The summed E-state index contributed by atoms with van der Waals surface area (Å²) in [6.07, 6.45) is 0. The molecular formula is C17H19BrN2O3S2. The Bertz CT molecular complexity index is 796. The highest BCUT2D eigenvalue weighted by atomic mass is 79.9. The van der Waals surface area contributed by atoms with Crippen molar-refractivity contribution >= 4 is 43.6 Å². The molecule has 2 aromatic rings. The van der Waals surface area contributed by atoms with E-state index in [0.717, 1.165) is 9.37 Å². The first-order valence-electron chi connectivity index (χ1n) is 7.63. The van der Waals surface area contributed by atoms with Gasteiger partial charge in [0, 0.05) is 22.5 Å². The number of thioether (sulfide) groups is 1. The maximum absolute atomic E-state index is 12.1. The first kappa shape index (κ1) is 20.0. The van der Waals surface area contributed by atoms with Gasteiger partial charge in [-0.15, -0.1) is 11.8 Å². The van der Waals surface area contributed by atoms with Gasteiger partial charge in [0.2, 0.25) is 15.9 Å². The Balaban J connectivity index is 1.75. The number of carbonyl (C=O) groups excluding carboxylic acids is 1. The molecule has 0 radical (unpaired) electrons. The van der Waals surface area contributed by atoms with Crippen LogP contribution in [-0.2, 0) is 14.8 Å². The molecule has 0 saturated carbocycles. The van der Waals surface area contributed by atoms with Crippen molar-refractivity contribution in [2.45, 2.75) is 22.0 Å². The van der Waals surface area contributed by atoms with Gasteiger partial charge >= 0.3 is 0 Å². The minimum absolute atomic E-state index is 0.133. The van der Waals surface area contributed by atoms with Crippen molar-refractivity contribution in [2.24, 2.45) is 0 Å². The van der Waals surface area contributed by atoms with Crippen molar-refractivity contribution in [2.75, 3.05) is 13.1 Å². The zero-order valence-corrected chi connectivity index (χ0v) is 16.8. The van der Waals surface area contributed by atoms with Crippen molar-refractivity contribution in [1.82, 2.24) is 10.0 Å². The molecule has 5 nitrogen and oxygen atoms in total. The van der Waals surface area contributed by atoms with Gasteiger partial charge in [0.15, 0.2) is 0 Å². The summed E-state index contributed by atoms with van der Waals surface area (Å²) in [4.78, 5) is 13.3. The zero-order valence-electron chi connectivity index (χ0n) is 13.6. The van der Waals surface area contributed by atoms with E-state index in [4.69, 9.17) is 0 Å². The standard InChI is InChI=1S/C17H19BrN2O3S2/c1-13(24-15-9-7-14(18)8-10-15)17(21)19-11-12-20-25(22,23)16-5-3-2-4-6-16/h2-10,13,20H,11-12H2,1H3,(H,19,21). The third kappa shape index (κ3) is 6.47. The van der Waals surface area contributed by atoms with Crippen molar-refractivity contribution in [1.29, 1.82) is 0 Å². The lowest BCUT2D eigenvalue weighted by Gasteiger charge is -2.12. The van der Waals surface area contributed by atoms with E-state index in [1.165, 1.54) is 23.9 Å². The van der Waals surface area contributed by atoms with Gasteiger partial charge in [-0.1, -0.05) is 34.1 Å². The van der Waals surface area contributed by atoms with Gasteiger partial charge in [-0.05, 0) is 43.3 Å². The van der Waals surface area contributed by atoms with Crippen LogP contribution in [0, 0.1) is 0 Å². The maximum Gasteiger partial charge on any atom is 0.240 e. The van der Waals surface area contributed by atoms with Gasteiger partial charge in [-0.2, -0.15) is 0 Å². The quantitative estimate of drug-likeness (QED) is 0.486. The third-order valence-electron chi connectivity index (χ3n) is 3.27. The van der Waals surface area contributed by atoms with E-state index in [2.05, 4.69) is 26.0 Å². The highest BCUT2D eigenvalue weighted by Crippen LogP contribution is 2.24. The molecule has 0 fully saturated rings. The first-order valence-corrected chi connectivity index (χ1v) is 10.8. The molecule has 2 rings (SSSR count). The van der Waals surface area contributed by atoms with Crippen molar-refractivity contribution < 1.29 is 13.2 Å². The zero-order chi connectivity index (χ0) is 18.3. The number of sulfonamides is 1. The molecule has 25 heavy (non-hydrogen) atoms. The Morgan fingerprint density at radius 2 is 1.72 bits per heavy atom. The predicted molar refractivity (Wildman–Crippen MR) is 104 cm³/mol. The Labute approximate surface area is 160 Å². The Morgan fingerprint density at radius 3 is 2.36 bits per heavy atom. The molecule has 134 valence electrons. The van der Waals surface area contributed by atoms with E-state index >= 15 is 0 Å². The molecule has 0 aliphatic rings. The van der Waals surface area contributed by atoms with Crippen LogP contribution in [0.15, 0.2) is 68.9 Å². The second-order valence-electron chi connectivity index (χ2n) is 5.22. The van der Waals surface area contributed by atoms with Gasteiger partial charge in [0.1, 0.15) is 0 Å². The molecule has 1 atom stereocenters. The van der Waals surface area contributed by atoms with Crippen LogP contribution in [0.25, 0.3) is 0 Å². The molecule has 0 spiro atoms. The number of benzene rings is 2. The van der Waals surface area contributed by atoms with Gasteiger partial charge in [0.25, 0.3) is 0 Å². The summed E-state index contributed by atoms with van der Waals surface area (Å²) in [6.45, 7) is 2.19. The minimum atomic E-state index is -3.54. The van der Waals surface area contributed by atoms with Crippen LogP contribution in [0.1, 0.15) is 6.92 Å². The second-order valence-corrected chi connectivity index (χ2v) is 9.31. The maximum atomic E-state index is 12.1. The van der Waals surface area contributed by atoms with Gasteiger partial charge in [-0.25, -0.2) is 13.1 Å². The molecule has 0 aliphatic heterocycles. The number of rotatable bonds is 8. The van der Waals surface area contributed by atoms with E-state index in [9.17, 15) is 13.2 Å². The summed E-state index contributed by atoms with van der Waals surface area (Å²) in [5.41, 5.74) is 0. The summed E-state index contributed by atoms with van der Waals surface area (Å²) < 4.78 is 27.6. The van der Waals surface area contributed by atoms with E-state index in [1.807, 2.05) is 31.2 Å². The van der Waals surface area contributed by atoms with Crippen LogP contribution in [-0.4, -0.2) is 32.7 Å². The third-order valence-corrected chi connectivity index (χ3v) is 6.38. The lowest BCUT2D eigenvalue weighted by Crippen LogP contribution is -2.37. The SMILES string of the molecule is CC(Sc1ccc(Br)cc1)C(=O)NCCNS(=O)(=O)c1ccccc1. The van der Waals surface area contributed by atoms with Crippen LogP contribution in [0.4, 0.5) is 0 Å². The van der Waals surface area contributed by atoms with E-state index in [0.29, 0.717) is 0 Å². The van der Waals surface area contributed by atoms with Crippen molar-refractivity contribution in [3.05, 3.63) is 59.1 Å². The second kappa shape index (κ2) is 9.38. The summed E-state index contributed by atoms with van der Waals surface area (Å²) in [5, 5.41) is 2.47. The van der Waals surface area contributed by atoms with Crippen LogP contribution in [0.3, 0.4) is 0 Å². The fourth-order valence-corrected chi connectivity index (χ4v) is 4.18. The summed E-state index contributed by atoms with van der Waals surface area (Å²) in [5.74, 6) is -0.133. The smallest absolute Gasteiger partial charge is 0.240 e. The highest BCUT2D eigenvalue weighted by molar-refractivity contribution is 9.10. The monoisotopic (exact) mass is 442 g/mol. The summed E-state index contributed by atoms with van der Waals surface area (Å²) in [6, 6.07) is 15.9. The highest BCUT2D eigenvalue weighted by Gasteiger charge is 2.15. The molecule has 2 aromatic carbocycles. The number of hydrogen-bond acceptors (Lipinski definition) is 4. The van der Waals surface area contributed by atoms with Crippen LogP contribution in [0.2, 0.25) is 0 Å². The molecule has 8 heteroatoms. The Hall–Kier alpha value is -1.35. The summed E-state index contributed by atoms with van der Waals surface area (Å²) in [7, 11) is -3.54. The number of hydrogen-bond donors (Lipinski definition) is 2. The average Bonchev–Trinajstić information content (AvgIpc) is 2.61. The number of carbonyl (C=O) groups is 1. The normalized spacial score (nSPS) is 12.6. The predicted octanol–water partition coefficient (Wildman–Crippen LogP) is 3.02. The lowest BCUT2D eigenvalue weighted by atomic mass is 10.4. The number of nitrogens with one attached hydrogen (secondary N) is 2. The molecular weight excluding hydrogens is 424 g/mol. The van der Waals surface area contributed by atoms with Crippen molar-refractivity contribution in [3.63, 3.8) is 0 Å². The van der Waals surface area contributed by atoms with E-state index in [1.54, 1.807) is 18.2 Å². The fourth-order valence-electron chi connectivity index (χ4n) is 1.97. The number of halogens is 1. The molecule has 2 N–H and O–H groups in total. The topological polar surface area (TPSA) is 75.3 Å². The lowest BCUT2D eigenvalue weighted by molar-refractivity contribution is -0.120. The molecule has 0 saturated heterocycles. The molecule has 0 aromatic heterocycles. The largest absolute Gasteiger partial charge is 0.354 e. The van der Waals surface area contributed by atoms with E-state index < -0.39 is 10.0 Å². The average molecular weight is 443 g/mol.